The number of hydrogen-bond acceptors (Lipinski definition) is 5. The van der Waals surface area contributed by atoms with E-state index in [2.05, 4.69) is 29.4 Å². The van der Waals surface area contributed by atoms with E-state index < -0.39 is 0 Å². The maximum Gasteiger partial charge on any atom is 0.252 e. The van der Waals surface area contributed by atoms with Crippen molar-refractivity contribution >= 4 is 11.6 Å². The van der Waals surface area contributed by atoms with Crippen LogP contribution >= 0.6 is 11.6 Å². The summed E-state index contributed by atoms with van der Waals surface area (Å²) in [7, 11) is 0. The normalized spacial score (nSPS) is 11.3. The Labute approximate surface area is 104 Å². The molecule has 0 saturated carbocycles. The standard InChI is InChI=1S/C11H14ClN3O2/c1-7(2)13-5-3-9-14-15-11(17-9)8-4-6-16-10(8)12/h4,6-7,13H,3,5H2,1-2H3. The van der Waals surface area contributed by atoms with Crippen LogP contribution in [0.2, 0.25) is 5.22 Å². The third-order valence-corrected chi connectivity index (χ3v) is 2.50. The molecule has 0 aliphatic heterocycles. The van der Waals surface area contributed by atoms with Crippen LogP contribution in [0.5, 0.6) is 0 Å². The van der Waals surface area contributed by atoms with Crippen molar-refractivity contribution < 1.29 is 8.83 Å². The molecule has 0 radical (unpaired) electrons. The molecule has 2 aromatic heterocycles. The van der Waals surface area contributed by atoms with Crippen molar-refractivity contribution in [3.05, 3.63) is 23.4 Å². The van der Waals surface area contributed by atoms with Crippen LogP contribution < -0.4 is 5.32 Å². The van der Waals surface area contributed by atoms with E-state index in [-0.39, 0.29) is 5.22 Å². The fourth-order valence-electron chi connectivity index (χ4n) is 1.38. The average molecular weight is 256 g/mol. The zero-order valence-electron chi connectivity index (χ0n) is 9.74. The Morgan fingerprint density at radius 2 is 2.24 bits per heavy atom. The molecule has 0 spiro atoms. The lowest BCUT2D eigenvalue weighted by atomic mass is 10.3. The monoisotopic (exact) mass is 255 g/mol. The second-order valence-corrected chi connectivity index (χ2v) is 4.31. The molecule has 0 amide bonds. The summed E-state index contributed by atoms with van der Waals surface area (Å²) < 4.78 is 10.5. The molecule has 17 heavy (non-hydrogen) atoms. The fraction of sp³-hybridized carbons (Fsp3) is 0.455. The van der Waals surface area contributed by atoms with Crippen LogP contribution in [0.1, 0.15) is 19.7 Å². The Bertz CT molecular complexity index is 479. The summed E-state index contributed by atoms with van der Waals surface area (Å²) >= 11 is 5.82. The highest BCUT2D eigenvalue weighted by molar-refractivity contribution is 6.31. The molecule has 0 fully saturated rings. The minimum absolute atomic E-state index is 0.264. The summed E-state index contributed by atoms with van der Waals surface area (Å²) in [6, 6.07) is 2.15. The first-order valence-corrected chi connectivity index (χ1v) is 5.83. The molecule has 2 heterocycles. The number of nitrogens with one attached hydrogen (secondary N) is 1. The summed E-state index contributed by atoms with van der Waals surface area (Å²) in [5.41, 5.74) is 0.627. The van der Waals surface area contributed by atoms with Gasteiger partial charge in [-0.2, -0.15) is 0 Å². The quantitative estimate of drug-likeness (QED) is 0.889. The number of nitrogens with zero attached hydrogens (tertiary/aromatic N) is 2. The predicted octanol–water partition coefficient (Wildman–Crippen LogP) is 2.52. The number of aromatic nitrogens is 2. The summed E-state index contributed by atoms with van der Waals surface area (Å²) in [5.74, 6) is 0.980. The van der Waals surface area contributed by atoms with Gasteiger partial charge in [-0.1, -0.05) is 13.8 Å². The predicted molar refractivity (Wildman–Crippen MR) is 63.9 cm³/mol. The smallest absolute Gasteiger partial charge is 0.252 e. The SMILES string of the molecule is CC(C)NCCc1nnc(-c2ccoc2Cl)o1. The van der Waals surface area contributed by atoms with Crippen LogP contribution in [0.4, 0.5) is 0 Å². The van der Waals surface area contributed by atoms with Gasteiger partial charge in [0.25, 0.3) is 5.89 Å². The molecule has 5 nitrogen and oxygen atoms in total. The second kappa shape index (κ2) is 5.33. The minimum Gasteiger partial charge on any atom is -0.452 e. The first kappa shape index (κ1) is 12.1. The van der Waals surface area contributed by atoms with Crippen molar-refractivity contribution in [3.63, 3.8) is 0 Å². The summed E-state index contributed by atoms with van der Waals surface area (Å²) in [4.78, 5) is 0. The maximum absolute atomic E-state index is 5.82. The summed E-state index contributed by atoms with van der Waals surface area (Å²) in [5, 5.41) is 11.4. The van der Waals surface area contributed by atoms with E-state index in [1.54, 1.807) is 6.07 Å². The molecule has 92 valence electrons. The van der Waals surface area contributed by atoms with Crippen LogP contribution in [0.15, 0.2) is 21.2 Å². The Balaban J connectivity index is 1.99. The van der Waals surface area contributed by atoms with E-state index in [1.807, 2.05) is 0 Å². The molecule has 6 heteroatoms. The Hall–Kier alpha value is -1.33. The Morgan fingerprint density at radius 3 is 2.88 bits per heavy atom. The molecule has 0 aliphatic carbocycles. The van der Waals surface area contributed by atoms with Crippen molar-refractivity contribution in [2.24, 2.45) is 0 Å². The number of furan rings is 1. The van der Waals surface area contributed by atoms with Crippen molar-refractivity contribution in [1.29, 1.82) is 0 Å². The van der Waals surface area contributed by atoms with Gasteiger partial charge in [0.05, 0.1) is 11.8 Å². The molecular weight excluding hydrogens is 242 g/mol. The minimum atomic E-state index is 0.264. The van der Waals surface area contributed by atoms with E-state index in [9.17, 15) is 0 Å². The fourth-order valence-corrected chi connectivity index (χ4v) is 1.57. The van der Waals surface area contributed by atoms with Gasteiger partial charge >= 0.3 is 0 Å². The van der Waals surface area contributed by atoms with Crippen LogP contribution in [0.3, 0.4) is 0 Å². The lowest BCUT2D eigenvalue weighted by molar-refractivity contribution is 0.483. The molecule has 2 aromatic rings. The molecule has 0 aromatic carbocycles. The van der Waals surface area contributed by atoms with Crippen LogP contribution in [-0.2, 0) is 6.42 Å². The molecule has 0 aliphatic rings. The lowest BCUT2D eigenvalue weighted by Gasteiger charge is -2.04. The van der Waals surface area contributed by atoms with E-state index >= 15 is 0 Å². The number of rotatable bonds is 5. The maximum atomic E-state index is 5.82. The van der Waals surface area contributed by atoms with Crippen molar-refractivity contribution in [2.75, 3.05) is 6.54 Å². The second-order valence-electron chi connectivity index (χ2n) is 3.97. The van der Waals surface area contributed by atoms with E-state index in [1.165, 1.54) is 6.26 Å². The van der Waals surface area contributed by atoms with Gasteiger partial charge in [-0.3, -0.25) is 0 Å². The van der Waals surface area contributed by atoms with Crippen LogP contribution in [0, 0.1) is 0 Å². The molecule has 1 N–H and O–H groups in total. The Kier molecular flexibility index (Phi) is 3.81. The summed E-state index contributed by atoms with van der Waals surface area (Å²) in [6.45, 7) is 4.98. The van der Waals surface area contributed by atoms with Gasteiger partial charge in [-0.05, 0) is 17.7 Å². The molecule has 0 bridgehead atoms. The zero-order chi connectivity index (χ0) is 12.3. The number of hydrogen-bond donors (Lipinski definition) is 1. The highest BCUT2D eigenvalue weighted by atomic mass is 35.5. The molecule has 0 atom stereocenters. The number of halogens is 1. The van der Waals surface area contributed by atoms with Gasteiger partial charge < -0.3 is 14.2 Å². The van der Waals surface area contributed by atoms with Crippen molar-refractivity contribution in [3.8, 4) is 11.5 Å². The third kappa shape index (κ3) is 3.08. The van der Waals surface area contributed by atoms with Crippen molar-refractivity contribution in [1.82, 2.24) is 15.5 Å². The van der Waals surface area contributed by atoms with Crippen molar-refractivity contribution in [2.45, 2.75) is 26.3 Å². The Morgan fingerprint density at radius 1 is 1.41 bits per heavy atom. The summed E-state index contributed by atoms with van der Waals surface area (Å²) in [6.07, 6.45) is 2.18. The van der Waals surface area contributed by atoms with Gasteiger partial charge in [-0.15, -0.1) is 10.2 Å². The zero-order valence-corrected chi connectivity index (χ0v) is 10.5. The van der Waals surface area contributed by atoms with Gasteiger partial charge in [0.2, 0.25) is 11.1 Å². The first-order valence-electron chi connectivity index (χ1n) is 5.46. The molecule has 0 unspecified atom stereocenters. The van der Waals surface area contributed by atoms with Gasteiger partial charge in [-0.25, -0.2) is 0 Å². The van der Waals surface area contributed by atoms with Crippen LogP contribution in [0.25, 0.3) is 11.5 Å². The highest BCUT2D eigenvalue weighted by Gasteiger charge is 2.13. The van der Waals surface area contributed by atoms with E-state index in [0.717, 1.165) is 6.54 Å². The lowest BCUT2D eigenvalue weighted by Crippen LogP contribution is -2.25. The van der Waals surface area contributed by atoms with Crippen LogP contribution in [-0.4, -0.2) is 22.8 Å². The first-order chi connectivity index (χ1) is 8.16. The largest absolute Gasteiger partial charge is 0.452 e. The molecule has 0 saturated heterocycles. The van der Waals surface area contributed by atoms with Gasteiger partial charge in [0, 0.05) is 19.0 Å². The van der Waals surface area contributed by atoms with E-state index in [0.29, 0.717) is 29.8 Å². The molecular formula is C11H14ClN3O2. The highest BCUT2D eigenvalue weighted by Crippen LogP contribution is 2.27. The van der Waals surface area contributed by atoms with Gasteiger partial charge in [0.1, 0.15) is 0 Å². The van der Waals surface area contributed by atoms with E-state index in [4.69, 9.17) is 20.4 Å². The third-order valence-electron chi connectivity index (χ3n) is 2.21. The van der Waals surface area contributed by atoms with Gasteiger partial charge in [0.15, 0.2) is 0 Å². The average Bonchev–Trinajstić information content (AvgIpc) is 2.86. The molecule has 2 rings (SSSR count). The topological polar surface area (TPSA) is 64.1 Å².